The average molecular weight is 164 g/mol. The van der Waals surface area contributed by atoms with Gasteiger partial charge in [-0.1, -0.05) is 0 Å². The van der Waals surface area contributed by atoms with Crippen LogP contribution < -0.4 is 0 Å². The van der Waals surface area contributed by atoms with E-state index >= 15 is 0 Å². The molecule has 3 atom stereocenters. The van der Waals surface area contributed by atoms with Crippen molar-refractivity contribution in [3.63, 3.8) is 0 Å². The monoisotopic (exact) mass is 164 g/mol. The summed E-state index contributed by atoms with van der Waals surface area (Å²) in [4.78, 5) is 0. The van der Waals surface area contributed by atoms with E-state index < -0.39 is 18.7 Å². The fourth-order valence-electron chi connectivity index (χ4n) is 0.937. The van der Waals surface area contributed by atoms with Crippen molar-refractivity contribution in [3.05, 3.63) is 0 Å². The Balaban J connectivity index is 4.53. The van der Waals surface area contributed by atoms with Crippen LogP contribution in [-0.4, -0.2) is 45.5 Å². The van der Waals surface area contributed by atoms with Crippen LogP contribution in [0.3, 0.4) is 0 Å². The fraction of sp³-hybridized carbons (Fsp3) is 1.00. The van der Waals surface area contributed by atoms with Crippen molar-refractivity contribution in [2.45, 2.75) is 39.5 Å². The maximum Gasteiger partial charge on any atom is 0.191 e. The molecule has 3 unspecified atom stereocenters. The molecule has 0 amide bonds. The average Bonchev–Trinajstić information content (AvgIpc) is 1.84. The largest absolute Gasteiger partial charge is 0.345 e. The summed E-state index contributed by atoms with van der Waals surface area (Å²) in [5.74, 6) is 0. The molecule has 0 spiro atoms. The van der Waals surface area contributed by atoms with Crippen molar-refractivity contribution in [2.75, 3.05) is 7.05 Å². The Morgan fingerprint density at radius 3 is 1.00 bits per heavy atom. The SMILES string of the molecule is CC(O)[N+](C)(C(C)O)C(C)O. The molecule has 0 aromatic heterocycles. The van der Waals surface area contributed by atoms with E-state index in [1.165, 1.54) is 0 Å². The summed E-state index contributed by atoms with van der Waals surface area (Å²) >= 11 is 0. The number of hydrogen-bond donors (Lipinski definition) is 3. The molecule has 4 nitrogen and oxygen atoms in total. The summed E-state index contributed by atoms with van der Waals surface area (Å²) < 4.78 is -0.167. The lowest BCUT2D eigenvalue weighted by Gasteiger charge is -2.41. The zero-order valence-electron chi connectivity index (χ0n) is 7.52. The number of aliphatic hydroxyl groups is 3. The van der Waals surface area contributed by atoms with Crippen molar-refractivity contribution in [2.24, 2.45) is 0 Å². The predicted molar refractivity (Wildman–Crippen MR) is 41.2 cm³/mol. The molecule has 0 aliphatic carbocycles. The minimum absolute atomic E-state index is 0.167. The number of quaternary nitrogens is 1. The molecule has 0 saturated carbocycles. The second-order valence-electron chi connectivity index (χ2n) is 3.12. The normalized spacial score (nSPS) is 25.4. The first-order chi connectivity index (χ1) is 4.83. The standard InChI is InChI=1S/C7H18NO3/c1-5(9)8(4,6(2)10)7(3)11/h5-7,9-11H,1-4H3/q+1. The molecule has 0 rings (SSSR count). The van der Waals surface area contributed by atoms with Crippen molar-refractivity contribution >= 4 is 0 Å². The Morgan fingerprint density at radius 1 is 0.818 bits per heavy atom. The van der Waals surface area contributed by atoms with E-state index in [4.69, 9.17) is 0 Å². The summed E-state index contributed by atoms with van der Waals surface area (Å²) in [5, 5.41) is 27.8. The van der Waals surface area contributed by atoms with Gasteiger partial charge >= 0.3 is 0 Å². The van der Waals surface area contributed by atoms with E-state index in [9.17, 15) is 15.3 Å². The van der Waals surface area contributed by atoms with Gasteiger partial charge in [0, 0.05) is 20.8 Å². The Bertz CT molecular complexity index is 101. The van der Waals surface area contributed by atoms with Crippen molar-refractivity contribution in [1.82, 2.24) is 0 Å². The summed E-state index contributed by atoms with van der Waals surface area (Å²) in [6.07, 6.45) is -2.35. The first kappa shape index (κ1) is 10.8. The highest BCUT2D eigenvalue weighted by Crippen LogP contribution is 2.16. The van der Waals surface area contributed by atoms with Gasteiger partial charge in [-0.25, -0.2) is 0 Å². The molecule has 0 radical (unpaired) electrons. The van der Waals surface area contributed by atoms with E-state index in [1.807, 2.05) is 0 Å². The fourth-order valence-corrected chi connectivity index (χ4v) is 0.937. The molecule has 0 aliphatic heterocycles. The van der Waals surface area contributed by atoms with Crippen LogP contribution in [0.2, 0.25) is 0 Å². The van der Waals surface area contributed by atoms with E-state index in [1.54, 1.807) is 27.8 Å². The van der Waals surface area contributed by atoms with Gasteiger partial charge in [-0.05, 0) is 0 Å². The van der Waals surface area contributed by atoms with Crippen LogP contribution in [0.15, 0.2) is 0 Å². The first-order valence-corrected chi connectivity index (χ1v) is 3.73. The molecule has 0 heterocycles. The van der Waals surface area contributed by atoms with E-state index in [0.717, 1.165) is 0 Å². The van der Waals surface area contributed by atoms with Gasteiger partial charge in [0.15, 0.2) is 18.7 Å². The topological polar surface area (TPSA) is 60.7 Å². The Morgan fingerprint density at radius 2 is 1.00 bits per heavy atom. The van der Waals surface area contributed by atoms with Gasteiger partial charge in [0.05, 0.1) is 7.05 Å². The summed E-state index contributed by atoms with van der Waals surface area (Å²) in [7, 11) is 1.60. The van der Waals surface area contributed by atoms with Crippen LogP contribution in [0.4, 0.5) is 0 Å². The van der Waals surface area contributed by atoms with Crippen LogP contribution in [0, 0.1) is 0 Å². The minimum Gasteiger partial charge on any atom is -0.345 e. The zero-order valence-corrected chi connectivity index (χ0v) is 7.52. The third-order valence-corrected chi connectivity index (χ3v) is 2.42. The van der Waals surface area contributed by atoms with Gasteiger partial charge in [0.1, 0.15) is 0 Å². The Kier molecular flexibility index (Phi) is 3.44. The highest BCUT2D eigenvalue weighted by Gasteiger charge is 2.37. The summed E-state index contributed by atoms with van der Waals surface area (Å²) in [5.41, 5.74) is 0. The third kappa shape index (κ3) is 1.90. The molecule has 4 heteroatoms. The third-order valence-electron chi connectivity index (χ3n) is 2.42. The lowest BCUT2D eigenvalue weighted by Crippen LogP contribution is -2.61. The highest BCUT2D eigenvalue weighted by atomic mass is 16.4. The molecule has 11 heavy (non-hydrogen) atoms. The lowest BCUT2D eigenvalue weighted by atomic mass is 10.3. The molecule has 0 fully saturated rings. The second kappa shape index (κ2) is 3.49. The van der Waals surface area contributed by atoms with Crippen molar-refractivity contribution in [1.29, 1.82) is 0 Å². The van der Waals surface area contributed by atoms with E-state index in [2.05, 4.69) is 0 Å². The molecule has 0 aromatic rings. The van der Waals surface area contributed by atoms with Crippen LogP contribution >= 0.6 is 0 Å². The van der Waals surface area contributed by atoms with Crippen LogP contribution in [-0.2, 0) is 0 Å². The maximum atomic E-state index is 9.26. The number of nitrogens with zero attached hydrogens (tertiary/aromatic N) is 1. The molecule has 0 saturated heterocycles. The smallest absolute Gasteiger partial charge is 0.191 e. The molecule has 0 aromatic carbocycles. The Hall–Kier alpha value is -0.160. The summed E-state index contributed by atoms with van der Waals surface area (Å²) in [6, 6.07) is 0. The molecular weight excluding hydrogens is 146 g/mol. The zero-order chi connectivity index (χ0) is 9.23. The summed E-state index contributed by atoms with van der Waals surface area (Å²) in [6.45, 7) is 4.62. The van der Waals surface area contributed by atoms with Gasteiger partial charge in [0.2, 0.25) is 0 Å². The van der Waals surface area contributed by atoms with Crippen LogP contribution in [0.5, 0.6) is 0 Å². The van der Waals surface area contributed by atoms with Gasteiger partial charge < -0.3 is 15.3 Å². The number of aliphatic hydroxyl groups excluding tert-OH is 3. The van der Waals surface area contributed by atoms with Crippen molar-refractivity contribution in [3.8, 4) is 0 Å². The van der Waals surface area contributed by atoms with Gasteiger partial charge in [-0.15, -0.1) is 0 Å². The lowest BCUT2D eigenvalue weighted by molar-refractivity contribution is -1.03. The van der Waals surface area contributed by atoms with Crippen molar-refractivity contribution < 1.29 is 19.8 Å². The minimum atomic E-state index is -0.782. The molecule has 0 bridgehead atoms. The quantitative estimate of drug-likeness (QED) is 0.387. The molecule has 0 aliphatic rings. The predicted octanol–water partition coefficient (Wildman–Crippen LogP) is -0.552. The Labute approximate surface area is 67.3 Å². The molecular formula is C7H18NO3+. The van der Waals surface area contributed by atoms with E-state index in [0.29, 0.717) is 0 Å². The second-order valence-corrected chi connectivity index (χ2v) is 3.12. The van der Waals surface area contributed by atoms with Crippen LogP contribution in [0.25, 0.3) is 0 Å². The molecule has 3 N–H and O–H groups in total. The number of hydrogen-bond acceptors (Lipinski definition) is 3. The highest BCUT2D eigenvalue weighted by molar-refractivity contribution is 4.40. The van der Waals surface area contributed by atoms with E-state index in [-0.39, 0.29) is 4.48 Å². The van der Waals surface area contributed by atoms with Crippen LogP contribution in [0.1, 0.15) is 20.8 Å². The maximum absolute atomic E-state index is 9.26. The first-order valence-electron chi connectivity index (χ1n) is 3.73. The van der Waals surface area contributed by atoms with Gasteiger partial charge in [-0.2, -0.15) is 0 Å². The molecule has 68 valence electrons. The number of rotatable bonds is 3. The van der Waals surface area contributed by atoms with Gasteiger partial charge in [0.25, 0.3) is 0 Å². The van der Waals surface area contributed by atoms with Gasteiger partial charge in [-0.3, -0.25) is 4.48 Å².